The minimum absolute atomic E-state index is 0.572. The predicted molar refractivity (Wildman–Crippen MR) is 86.2 cm³/mol. The van der Waals surface area contributed by atoms with Gasteiger partial charge in [0.1, 0.15) is 0 Å². The molecule has 1 heteroatoms. The number of hydrogen-bond donors (Lipinski definition) is 1. The van der Waals surface area contributed by atoms with Crippen molar-refractivity contribution in [2.75, 3.05) is 6.54 Å². The summed E-state index contributed by atoms with van der Waals surface area (Å²) in [5.41, 5.74) is 3.25. The molecule has 0 aliphatic heterocycles. The highest BCUT2D eigenvalue weighted by Crippen LogP contribution is 2.36. The second-order valence-electron chi connectivity index (χ2n) is 6.56. The zero-order valence-corrected chi connectivity index (χ0v) is 13.5. The molecule has 0 spiro atoms. The highest BCUT2D eigenvalue weighted by Gasteiger charge is 2.24. The Labute approximate surface area is 120 Å². The van der Waals surface area contributed by atoms with E-state index in [2.05, 4.69) is 45.2 Å². The molecule has 0 aromatic heterocycles. The smallest absolute Gasteiger partial charge is 0.0149 e. The minimum atomic E-state index is 0.572. The maximum atomic E-state index is 3.60. The SMILES string of the molecule is C/C=C\C(C)=C(/C)NCCC1(C)CCCCCCC1. The highest BCUT2D eigenvalue weighted by molar-refractivity contribution is 5.20. The van der Waals surface area contributed by atoms with Crippen molar-refractivity contribution in [1.29, 1.82) is 0 Å². The van der Waals surface area contributed by atoms with Gasteiger partial charge in [-0.15, -0.1) is 0 Å². The van der Waals surface area contributed by atoms with Crippen LogP contribution in [0.1, 0.15) is 79.1 Å². The van der Waals surface area contributed by atoms with Crippen LogP contribution in [-0.4, -0.2) is 6.54 Å². The molecule has 0 radical (unpaired) electrons. The van der Waals surface area contributed by atoms with Gasteiger partial charge in [-0.1, -0.05) is 51.2 Å². The van der Waals surface area contributed by atoms with Crippen molar-refractivity contribution in [3.05, 3.63) is 23.4 Å². The Kier molecular flexibility index (Phi) is 7.27. The first-order valence-electron chi connectivity index (χ1n) is 8.11. The molecule has 1 N–H and O–H groups in total. The quantitative estimate of drug-likeness (QED) is 0.638. The van der Waals surface area contributed by atoms with Crippen LogP contribution in [0.25, 0.3) is 0 Å². The summed E-state index contributed by atoms with van der Waals surface area (Å²) in [4.78, 5) is 0. The van der Waals surface area contributed by atoms with Crippen LogP contribution in [0.3, 0.4) is 0 Å². The Morgan fingerprint density at radius 1 is 1.05 bits per heavy atom. The molecular weight excluding hydrogens is 230 g/mol. The summed E-state index contributed by atoms with van der Waals surface area (Å²) in [5.74, 6) is 0. The topological polar surface area (TPSA) is 12.0 Å². The van der Waals surface area contributed by atoms with Gasteiger partial charge in [-0.25, -0.2) is 0 Å². The Balaban J connectivity index is 2.39. The van der Waals surface area contributed by atoms with E-state index in [1.807, 2.05) is 0 Å². The Morgan fingerprint density at radius 3 is 2.21 bits per heavy atom. The molecular formula is C18H33N. The normalized spacial score (nSPS) is 21.7. The van der Waals surface area contributed by atoms with E-state index in [0.717, 1.165) is 6.54 Å². The number of hydrogen-bond acceptors (Lipinski definition) is 1. The summed E-state index contributed by atoms with van der Waals surface area (Å²) in [5, 5.41) is 3.60. The van der Waals surface area contributed by atoms with Crippen LogP contribution >= 0.6 is 0 Å². The van der Waals surface area contributed by atoms with Gasteiger partial charge >= 0.3 is 0 Å². The minimum Gasteiger partial charge on any atom is -0.388 e. The number of rotatable bonds is 5. The van der Waals surface area contributed by atoms with E-state index < -0.39 is 0 Å². The standard InChI is InChI=1S/C18H33N/c1-5-11-16(2)17(3)19-15-14-18(4)12-9-7-6-8-10-13-18/h5,11,19H,6-10,12-15H2,1-4H3/b11-5-,17-16+. The van der Waals surface area contributed by atoms with E-state index in [9.17, 15) is 0 Å². The lowest BCUT2D eigenvalue weighted by atomic mass is 9.75. The van der Waals surface area contributed by atoms with Crippen molar-refractivity contribution in [3.8, 4) is 0 Å². The van der Waals surface area contributed by atoms with Gasteiger partial charge in [0.2, 0.25) is 0 Å². The zero-order valence-electron chi connectivity index (χ0n) is 13.5. The van der Waals surface area contributed by atoms with Crippen molar-refractivity contribution in [1.82, 2.24) is 5.32 Å². The van der Waals surface area contributed by atoms with Crippen LogP contribution in [0.15, 0.2) is 23.4 Å². The van der Waals surface area contributed by atoms with E-state index in [-0.39, 0.29) is 0 Å². The van der Waals surface area contributed by atoms with Crippen LogP contribution in [0.4, 0.5) is 0 Å². The maximum Gasteiger partial charge on any atom is 0.0149 e. The lowest BCUT2D eigenvalue weighted by Gasteiger charge is -2.32. The van der Waals surface area contributed by atoms with E-state index in [1.54, 1.807) is 0 Å². The van der Waals surface area contributed by atoms with Crippen molar-refractivity contribution < 1.29 is 0 Å². The molecule has 1 nitrogen and oxygen atoms in total. The Morgan fingerprint density at radius 2 is 1.63 bits per heavy atom. The molecule has 110 valence electrons. The van der Waals surface area contributed by atoms with Crippen molar-refractivity contribution >= 4 is 0 Å². The first kappa shape index (κ1) is 16.3. The molecule has 1 aliphatic rings. The molecule has 1 aliphatic carbocycles. The van der Waals surface area contributed by atoms with Gasteiger partial charge in [-0.2, -0.15) is 0 Å². The van der Waals surface area contributed by atoms with Crippen LogP contribution in [0.5, 0.6) is 0 Å². The summed E-state index contributed by atoms with van der Waals surface area (Å²) in [6.07, 6.45) is 15.7. The van der Waals surface area contributed by atoms with Crippen molar-refractivity contribution in [2.24, 2.45) is 5.41 Å². The van der Waals surface area contributed by atoms with Crippen LogP contribution in [0, 0.1) is 5.41 Å². The average molecular weight is 263 g/mol. The fourth-order valence-electron chi connectivity index (χ4n) is 3.08. The molecule has 1 fully saturated rings. The molecule has 0 amide bonds. The van der Waals surface area contributed by atoms with Gasteiger partial charge in [0.05, 0.1) is 0 Å². The second kappa shape index (κ2) is 8.45. The molecule has 0 atom stereocenters. The van der Waals surface area contributed by atoms with E-state index >= 15 is 0 Å². The second-order valence-corrected chi connectivity index (χ2v) is 6.56. The average Bonchev–Trinajstić information content (AvgIpc) is 2.35. The monoisotopic (exact) mass is 263 g/mol. The maximum absolute atomic E-state index is 3.60. The van der Waals surface area contributed by atoms with Crippen molar-refractivity contribution in [2.45, 2.75) is 79.1 Å². The molecule has 0 bridgehead atoms. The summed E-state index contributed by atoms with van der Waals surface area (Å²) in [6.45, 7) is 10.1. The fraction of sp³-hybridized carbons (Fsp3) is 0.778. The Hall–Kier alpha value is -0.720. The summed E-state index contributed by atoms with van der Waals surface area (Å²) in [7, 11) is 0. The fourth-order valence-corrected chi connectivity index (χ4v) is 3.08. The first-order chi connectivity index (χ1) is 9.07. The van der Waals surface area contributed by atoms with Gasteiger partial charge in [0.15, 0.2) is 0 Å². The van der Waals surface area contributed by atoms with Gasteiger partial charge in [0.25, 0.3) is 0 Å². The van der Waals surface area contributed by atoms with Crippen LogP contribution in [0.2, 0.25) is 0 Å². The van der Waals surface area contributed by atoms with E-state index in [4.69, 9.17) is 0 Å². The molecule has 0 aromatic rings. The molecule has 1 rings (SSSR count). The molecule has 1 saturated carbocycles. The predicted octanol–water partition coefficient (Wildman–Crippen LogP) is 5.59. The molecule has 19 heavy (non-hydrogen) atoms. The van der Waals surface area contributed by atoms with Gasteiger partial charge in [0, 0.05) is 12.2 Å². The van der Waals surface area contributed by atoms with Crippen LogP contribution in [-0.2, 0) is 0 Å². The summed E-state index contributed by atoms with van der Waals surface area (Å²) >= 11 is 0. The van der Waals surface area contributed by atoms with Crippen LogP contribution < -0.4 is 5.32 Å². The Bertz CT molecular complexity index is 304. The summed E-state index contributed by atoms with van der Waals surface area (Å²) < 4.78 is 0. The lowest BCUT2D eigenvalue weighted by molar-refractivity contribution is 0.218. The van der Waals surface area contributed by atoms with Gasteiger partial charge in [-0.3, -0.25) is 0 Å². The largest absolute Gasteiger partial charge is 0.388 e. The first-order valence-corrected chi connectivity index (χ1v) is 8.11. The molecule has 0 unspecified atom stereocenters. The van der Waals surface area contributed by atoms with E-state index in [1.165, 1.54) is 62.6 Å². The third-order valence-corrected chi connectivity index (χ3v) is 4.69. The molecule has 0 aromatic carbocycles. The number of nitrogens with one attached hydrogen (secondary N) is 1. The van der Waals surface area contributed by atoms with Gasteiger partial charge < -0.3 is 5.32 Å². The zero-order chi connectivity index (χ0) is 14.1. The van der Waals surface area contributed by atoms with Gasteiger partial charge in [-0.05, 0) is 51.0 Å². The highest BCUT2D eigenvalue weighted by atomic mass is 14.9. The van der Waals surface area contributed by atoms with E-state index in [0.29, 0.717) is 5.41 Å². The molecule has 0 heterocycles. The third kappa shape index (κ3) is 6.31. The molecule has 0 saturated heterocycles. The third-order valence-electron chi connectivity index (χ3n) is 4.69. The lowest BCUT2D eigenvalue weighted by Crippen LogP contribution is -2.25. The summed E-state index contributed by atoms with van der Waals surface area (Å²) in [6, 6.07) is 0. The van der Waals surface area contributed by atoms with Crippen molar-refractivity contribution in [3.63, 3.8) is 0 Å². The number of allylic oxidation sites excluding steroid dienone is 4.